The zero-order chi connectivity index (χ0) is 105. The highest BCUT2D eigenvalue weighted by Crippen LogP contribution is 2.29. The molecule has 5 aromatic rings. The van der Waals surface area contributed by atoms with Crippen LogP contribution in [0.3, 0.4) is 0 Å². The second kappa shape index (κ2) is 61.5. The molecule has 145 heavy (non-hydrogen) atoms. The number of hydrogen-bond acceptors (Lipinski definition) is 44. The van der Waals surface area contributed by atoms with Gasteiger partial charge in [-0.05, 0) is 62.8 Å². The number of alkyl carbamates (subject to hydrolysis) is 1. The third kappa shape index (κ3) is 38.5. The molecule has 0 saturated carbocycles. The maximum atomic E-state index is 16.1. The van der Waals surface area contributed by atoms with Crippen LogP contribution in [0.2, 0.25) is 0 Å². The number of nitrogens with two attached hydrogens (primary N) is 1. The molecule has 0 radical (unpaired) electrons. The quantitative estimate of drug-likeness (QED) is 0.0161. The Bertz CT molecular complexity index is 4520. The van der Waals surface area contributed by atoms with Gasteiger partial charge in [0.15, 0.2) is 30.9 Å². The standard InChI is InChI=1S/C88H143N23O34/c1-8-90-88(132)141-49-55-14-16-57(17-15-55)96-81(129)56(12-11-18-91-87(89)131)36-63(120)68(50(2)3)97-82(130)62(107(39-60-43-110(104-100-60)22-26-135-30-34-139-85-71(94-53(6)118)79(127)75(123)66(47-114)144-85)40-61-44-111(105-101-61)23-27-136-31-35-140-86-72(95-54(7)119)80(128)76(124)67(48-115)145-86)13-9-10-19-106(37-58-41-108(102-98-58)20-24-133-28-32-137-83-69(92-51(4)116)77(125)73(121)64(45-112)142-83)38-59-42-109(103-99-59)21-25-134-29-33-138-84-70(93-52(5)117)78(126)74(122)65(46-113)143-84/h14-17,41-44,50,56,62,64-80,83-86,112-115,121-128H,8-13,18-40,45-49H2,1-7H3,(H,90,132)(H,92,116)(H,93,117)(H,94,118)(H,95,119)(H,96,129)(H,97,130)(H3,89,91,131)/t56-,62+,64?,65?,66?,67?,68+,69?,70?,71?,72?,73?,74?,75?,76?,77?,78?,79?,80?,83?,84?,85?,86?/m1/s1. The van der Waals surface area contributed by atoms with E-state index < -0.39 is 233 Å². The molecule has 57 heteroatoms. The molecule has 4 saturated heterocycles. The minimum Gasteiger partial charge on any atom is -0.445 e. The molecule has 57 nitrogen and oxygen atoms in total. The van der Waals surface area contributed by atoms with Crippen molar-refractivity contribution >= 4 is 59.0 Å². The molecular formula is C88H143N23O34. The lowest BCUT2D eigenvalue weighted by molar-refractivity contribution is -0.272. The summed E-state index contributed by atoms with van der Waals surface area (Å²) in [5.74, 6) is -5.49. The summed E-state index contributed by atoms with van der Waals surface area (Å²) < 4.78 is 81.0. The molecule has 22 N–H and O–H groups in total. The predicted octanol–water partition coefficient (Wildman–Crippen LogP) is -8.75. The normalized spacial score (nSPS) is 25.0. The average molecular weight is 2070 g/mol. The van der Waals surface area contributed by atoms with Crippen molar-refractivity contribution in [3.05, 3.63) is 77.4 Å². The first-order valence-corrected chi connectivity index (χ1v) is 48.1. The lowest BCUT2D eigenvalue weighted by atomic mass is 9.89. The fraction of sp³-hybridized carbons (Fsp3) is 0.739. The fourth-order valence-electron chi connectivity index (χ4n) is 16.4. The van der Waals surface area contributed by atoms with E-state index in [0.29, 0.717) is 53.5 Å². The van der Waals surface area contributed by atoms with E-state index in [4.69, 9.17) is 67.3 Å². The van der Waals surface area contributed by atoms with Gasteiger partial charge in [0.1, 0.15) is 104 Å². The van der Waals surface area contributed by atoms with Gasteiger partial charge in [0.2, 0.25) is 35.4 Å². The van der Waals surface area contributed by atoms with Gasteiger partial charge in [-0.2, -0.15) is 0 Å². The highest BCUT2D eigenvalue weighted by atomic mass is 16.7. The zero-order valence-corrected chi connectivity index (χ0v) is 82.2. The van der Waals surface area contributed by atoms with Crippen LogP contribution in [0.1, 0.15) is 115 Å². The first-order valence-electron chi connectivity index (χ1n) is 48.1. The van der Waals surface area contributed by atoms with Crippen LogP contribution in [0.4, 0.5) is 15.3 Å². The van der Waals surface area contributed by atoms with Crippen LogP contribution in [0.25, 0.3) is 0 Å². The number of nitrogens with one attached hydrogen (secondary N) is 8. The number of aliphatic hydroxyl groups excluding tert-OH is 12. The summed E-state index contributed by atoms with van der Waals surface area (Å²) in [5.41, 5.74) is 8.06. The fourth-order valence-corrected chi connectivity index (χ4v) is 16.4. The van der Waals surface area contributed by atoms with Crippen molar-refractivity contribution in [2.75, 3.05) is 131 Å². The smallest absolute Gasteiger partial charge is 0.407 e. The monoisotopic (exact) mass is 2070 g/mol. The minimum absolute atomic E-state index is 0.00176. The van der Waals surface area contributed by atoms with Crippen LogP contribution in [0, 0.1) is 11.8 Å². The van der Waals surface area contributed by atoms with Gasteiger partial charge in [0.05, 0.1) is 167 Å². The van der Waals surface area contributed by atoms with Crippen molar-refractivity contribution in [3.63, 3.8) is 0 Å². The predicted molar refractivity (Wildman–Crippen MR) is 495 cm³/mol. The highest BCUT2D eigenvalue weighted by Gasteiger charge is 2.50. The molecule has 814 valence electrons. The number of rotatable bonds is 65. The number of ketones is 1. The summed E-state index contributed by atoms with van der Waals surface area (Å²) in [4.78, 5) is 122. The summed E-state index contributed by atoms with van der Waals surface area (Å²) in [6.07, 6.45) is -15.5. The molecule has 9 rings (SSSR count). The topological polar surface area (TPSA) is 768 Å². The SMILES string of the molecule is CCNC(=O)OCc1ccc(NC(=O)[C@H](CCCNC(N)=O)CC(=O)[C@@H](NC(=O)[C@H](CCCCN(Cc2cn(CCOCCOC3OC(CO)C(O)C(O)C3NC(C)=O)nn2)Cc2cn(CCOCCOC3OC(CO)C(O)C(O)C3NC(C)=O)nn2)N(Cc2cn(CCOCCOC3OC(CO)C(O)C(O)C3NC(C)=O)nn2)Cc2cn(CCOCCOC3OC(CO)C(O)C(O)C3NC(C)=O)nn2)C(C)C)cc1. The Morgan fingerprint density at radius 1 is 0.448 bits per heavy atom. The van der Waals surface area contributed by atoms with Crippen LogP contribution in [0.15, 0.2) is 49.1 Å². The van der Waals surface area contributed by atoms with Gasteiger partial charge in [-0.1, -0.05) is 53.3 Å². The summed E-state index contributed by atoms with van der Waals surface area (Å²) in [6, 6.07) is -1.45. The minimum atomic E-state index is -1.55. The van der Waals surface area contributed by atoms with Gasteiger partial charge < -0.3 is 171 Å². The van der Waals surface area contributed by atoms with Crippen LogP contribution >= 0.6 is 0 Å². The summed E-state index contributed by atoms with van der Waals surface area (Å²) in [5, 5.41) is 181. The number of amides is 9. The number of anilines is 1. The molecule has 0 aliphatic carbocycles. The molecule has 0 spiro atoms. The molecule has 8 heterocycles. The van der Waals surface area contributed by atoms with Crippen molar-refractivity contribution in [2.45, 2.75) is 281 Å². The van der Waals surface area contributed by atoms with Gasteiger partial charge in [0.25, 0.3) is 0 Å². The van der Waals surface area contributed by atoms with Gasteiger partial charge in [0, 0.05) is 110 Å². The number of aliphatic hydroxyl groups is 12. The summed E-state index contributed by atoms with van der Waals surface area (Å²) >= 11 is 0. The Balaban J connectivity index is 0.976. The van der Waals surface area contributed by atoms with Crippen molar-refractivity contribution in [1.29, 1.82) is 0 Å². The van der Waals surface area contributed by atoms with Crippen LogP contribution < -0.4 is 48.3 Å². The number of urea groups is 1. The maximum absolute atomic E-state index is 16.1. The second-order valence-electron chi connectivity index (χ2n) is 35.5. The van der Waals surface area contributed by atoms with E-state index >= 15 is 9.59 Å². The van der Waals surface area contributed by atoms with E-state index in [-0.39, 0.29) is 170 Å². The number of ether oxygens (including phenoxy) is 13. The maximum Gasteiger partial charge on any atom is 0.407 e. The summed E-state index contributed by atoms with van der Waals surface area (Å²) in [6.45, 7) is 8.49. The molecule has 9 amide bonds. The molecule has 0 bridgehead atoms. The third-order valence-electron chi connectivity index (χ3n) is 23.8. The van der Waals surface area contributed by atoms with Gasteiger partial charge >= 0.3 is 12.1 Å². The molecule has 4 aromatic heterocycles. The van der Waals surface area contributed by atoms with Crippen molar-refractivity contribution in [1.82, 2.24) is 107 Å². The number of Topliss-reactive ketones (excluding diaryl/α,β-unsaturated/α-hetero) is 1. The number of unbranched alkanes of at least 4 members (excludes halogenated alkanes) is 1. The number of nitrogens with zero attached hydrogens (tertiary/aromatic N) is 14. The molecule has 1 aromatic carbocycles. The average Bonchev–Trinajstić information content (AvgIpc) is 1.77. The van der Waals surface area contributed by atoms with E-state index in [1.807, 2.05) is 4.90 Å². The van der Waals surface area contributed by atoms with Gasteiger partial charge in [-0.15, -0.1) is 20.4 Å². The van der Waals surface area contributed by atoms with E-state index in [1.54, 1.807) is 84.1 Å². The summed E-state index contributed by atoms with van der Waals surface area (Å²) in [7, 11) is 0. The van der Waals surface area contributed by atoms with E-state index in [2.05, 4.69) is 83.8 Å². The number of hydrogen-bond donors (Lipinski definition) is 21. The van der Waals surface area contributed by atoms with Crippen LogP contribution in [-0.4, -0.2) is 444 Å². The highest BCUT2D eigenvalue weighted by molar-refractivity contribution is 5.98. The van der Waals surface area contributed by atoms with Crippen molar-refractivity contribution in [2.24, 2.45) is 17.6 Å². The van der Waals surface area contributed by atoms with Crippen molar-refractivity contribution in [3.8, 4) is 0 Å². The van der Waals surface area contributed by atoms with Gasteiger partial charge in [-0.25, -0.2) is 28.3 Å². The number of primary amides is 1. The molecule has 4 aliphatic rings. The Hall–Kier alpha value is -10.2. The third-order valence-corrected chi connectivity index (χ3v) is 23.8. The number of aromatic nitrogens is 12. The number of carbonyl (C=O) groups is 9. The lowest BCUT2D eigenvalue weighted by Gasteiger charge is -2.42. The molecule has 20 unspecified atom stereocenters. The van der Waals surface area contributed by atoms with E-state index in [0.717, 1.165) is 0 Å². The Morgan fingerprint density at radius 2 is 0.807 bits per heavy atom. The Kier molecular flexibility index (Phi) is 50.2. The molecule has 4 fully saturated rings. The zero-order valence-electron chi connectivity index (χ0n) is 82.2. The Labute approximate surface area is 835 Å². The lowest BCUT2D eigenvalue weighted by Crippen LogP contribution is -2.64. The Morgan fingerprint density at radius 3 is 1.14 bits per heavy atom. The van der Waals surface area contributed by atoms with E-state index in [9.17, 15) is 94.8 Å². The molecule has 4 aliphatic heterocycles. The van der Waals surface area contributed by atoms with Crippen LogP contribution in [-0.2, 0) is 154 Å². The largest absolute Gasteiger partial charge is 0.445 e. The van der Waals surface area contributed by atoms with Crippen molar-refractivity contribution < 1.29 is 166 Å². The van der Waals surface area contributed by atoms with Crippen LogP contribution in [0.5, 0.6) is 0 Å². The number of benzene rings is 1. The molecular weight excluding hydrogens is 1920 g/mol. The van der Waals surface area contributed by atoms with Gasteiger partial charge in [-0.3, -0.25) is 43.4 Å². The second-order valence-corrected chi connectivity index (χ2v) is 35.5. The van der Waals surface area contributed by atoms with E-state index in [1.165, 1.54) is 37.1 Å². The first kappa shape index (κ1) is 118. The molecule has 23 atom stereocenters. The first-order chi connectivity index (χ1) is 69.6. The number of carbonyl (C=O) groups excluding carboxylic acids is 9.